The van der Waals surface area contributed by atoms with Crippen molar-refractivity contribution in [3.63, 3.8) is 0 Å². The molecule has 0 fully saturated rings. The van der Waals surface area contributed by atoms with Crippen LogP contribution in [0.1, 0.15) is 27.2 Å². The molecule has 0 aliphatic carbocycles. The molecule has 4 nitrogen and oxygen atoms in total. The van der Waals surface area contributed by atoms with Crippen LogP contribution in [0.3, 0.4) is 0 Å². The summed E-state index contributed by atoms with van der Waals surface area (Å²) in [4.78, 5) is 11.9. The maximum atomic E-state index is 10.6. The summed E-state index contributed by atoms with van der Waals surface area (Å²) < 4.78 is 0. The van der Waals surface area contributed by atoms with Crippen LogP contribution in [-0.2, 0) is 0 Å². The molecule has 0 aromatic carbocycles. The molecule has 1 amide bonds. The lowest BCUT2D eigenvalue weighted by atomic mass is 10.1. The zero-order valence-corrected chi connectivity index (χ0v) is 7.96. The van der Waals surface area contributed by atoms with Gasteiger partial charge in [-0.1, -0.05) is 0 Å². The van der Waals surface area contributed by atoms with Crippen LogP contribution in [0.2, 0.25) is 0 Å². The molecular formula is C8H17N2O2-. The molecule has 0 rings (SSSR count). The molecule has 0 unspecified atom stereocenters. The first-order valence-corrected chi connectivity index (χ1v) is 4.08. The predicted molar refractivity (Wildman–Crippen MR) is 45.5 cm³/mol. The van der Waals surface area contributed by atoms with Gasteiger partial charge in [-0.15, -0.1) is 0 Å². The van der Waals surface area contributed by atoms with E-state index in [1.54, 1.807) is 0 Å². The Morgan fingerprint density at radius 1 is 1.50 bits per heavy atom. The molecule has 0 aromatic heterocycles. The van der Waals surface area contributed by atoms with Crippen molar-refractivity contribution in [2.24, 2.45) is 5.73 Å². The quantitative estimate of drug-likeness (QED) is 0.641. The Kier molecular flexibility index (Phi) is 4.03. The fourth-order valence-electron chi connectivity index (χ4n) is 0.950. The molecule has 72 valence electrons. The lowest BCUT2D eigenvalue weighted by Crippen LogP contribution is -2.52. The molecule has 4 heteroatoms. The van der Waals surface area contributed by atoms with Crippen molar-refractivity contribution in [2.45, 2.75) is 32.7 Å². The maximum Gasteiger partial charge on any atom is 0.137 e. The lowest BCUT2D eigenvalue weighted by molar-refractivity contribution is -0.270. The molecule has 0 atom stereocenters. The Morgan fingerprint density at radius 3 is 2.25 bits per heavy atom. The van der Waals surface area contributed by atoms with Crippen molar-refractivity contribution < 1.29 is 9.90 Å². The van der Waals surface area contributed by atoms with E-state index in [1.165, 1.54) is 4.90 Å². The minimum Gasteiger partial charge on any atom is -0.530 e. The minimum absolute atomic E-state index is 0.395. The predicted octanol–water partition coefficient (Wildman–Crippen LogP) is -0.221. The second kappa shape index (κ2) is 4.30. The first-order valence-electron chi connectivity index (χ1n) is 4.08. The van der Waals surface area contributed by atoms with E-state index in [-0.39, 0.29) is 0 Å². The highest BCUT2D eigenvalue weighted by Gasteiger charge is 2.19. The number of carbonyl (C=O) groups is 1. The van der Waals surface area contributed by atoms with Crippen molar-refractivity contribution in [2.75, 3.05) is 13.1 Å². The normalized spacial score (nSPS) is 11.3. The van der Waals surface area contributed by atoms with E-state index >= 15 is 0 Å². The minimum atomic E-state index is -1.13. The number of hydrogen-bond donors (Lipinski definition) is 1. The second-order valence-electron chi connectivity index (χ2n) is 3.73. The number of nitrogens with zero attached hydrogens (tertiary/aromatic N) is 1. The van der Waals surface area contributed by atoms with Gasteiger partial charge in [-0.2, -0.15) is 0 Å². The molecule has 2 N–H and O–H groups in total. The molecule has 0 bridgehead atoms. The van der Waals surface area contributed by atoms with Crippen LogP contribution in [0.5, 0.6) is 0 Å². The summed E-state index contributed by atoms with van der Waals surface area (Å²) in [6.45, 7) is 6.44. The molecule has 12 heavy (non-hydrogen) atoms. The topological polar surface area (TPSA) is 69.4 Å². The number of carboxylic acid groups (broad SMARTS) is 1. The Hall–Kier alpha value is -0.770. The van der Waals surface area contributed by atoms with Crippen molar-refractivity contribution in [1.82, 2.24) is 4.90 Å². The van der Waals surface area contributed by atoms with E-state index in [0.717, 1.165) is 0 Å². The van der Waals surface area contributed by atoms with Crippen molar-refractivity contribution >= 4 is 6.09 Å². The zero-order valence-electron chi connectivity index (χ0n) is 7.96. The summed E-state index contributed by atoms with van der Waals surface area (Å²) in [6.07, 6.45) is -0.457. The molecule has 0 spiro atoms. The van der Waals surface area contributed by atoms with Gasteiger partial charge in [0, 0.05) is 12.1 Å². The molecule has 0 heterocycles. The Balaban J connectivity index is 4.15. The molecular weight excluding hydrogens is 156 g/mol. The van der Waals surface area contributed by atoms with Crippen LogP contribution in [0.4, 0.5) is 4.79 Å². The van der Waals surface area contributed by atoms with Crippen LogP contribution in [-0.4, -0.2) is 29.6 Å². The van der Waals surface area contributed by atoms with Gasteiger partial charge in [-0.05, 0) is 33.7 Å². The van der Waals surface area contributed by atoms with Gasteiger partial charge in [0.05, 0.1) is 0 Å². The molecule has 0 saturated heterocycles. The van der Waals surface area contributed by atoms with E-state index in [2.05, 4.69) is 0 Å². The molecule has 0 aliphatic rings. The van der Waals surface area contributed by atoms with Gasteiger partial charge in [0.15, 0.2) is 0 Å². The molecule has 0 aliphatic heterocycles. The van der Waals surface area contributed by atoms with Crippen molar-refractivity contribution in [1.29, 1.82) is 0 Å². The van der Waals surface area contributed by atoms with Crippen LogP contribution in [0.15, 0.2) is 0 Å². The van der Waals surface area contributed by atoms with Crippen LogP contribution >= 0.6 is 0 Å². The van der Waals surface area contributed by atoms with Crippen LogP contribution in [0.25, 0.3) is 0 Å². The van der Waals surface area contributed by atoms with Crippen LogP contribution < -0.4 is 10.8 Å². The Morgan fingerprint density at radius 2 is 2.00 bits per heavy atom. The third-order valence-electron chi connectivity index (χ3n) is 1.62. The Labute approximate surface area is 73.3 Å². The molecule has 0 aromatic rings. The van der Waals surface area contributed by atoms with E-state index in [4.69, 9.17) is 5.73 Å². The number of hydrogen-bond acceptors (Lipinski definition) is 3. The highest BCUT2D eigenvalue weighted by molar-refractivity contribution is 5.63. The standard InChI is InChI=1S/C8H18N2O2/c1-8(2,3)10(7(11)12)6-4-5-9/h4-6,9H2,1-3H3,(H,11,12)/p-1. The van der Waals surface area contributed by atoms with E-state index in [0.29, 0.717) is 19.5 Å². The average Bonchev–Trinajstić information content (AvgIpc) is 1.84. The van der Waals surface area contributed by atoms with Gasteiger partial charge in [-0.3, -0.25) is 0 Å². The molecule has 0 radical (unpaired) electrons. The van der Waals surface area contributed by atoms with Gasteiger partial charge in [0.1, 0.15) is 6.09 Å². The summed E-state index contributed by atoms with van der Waals surface area (Å²) in [6, 6.07) is 0. The van der Waals surface area contributed by atoms with E-state index in [1.807, 2.05) is 20.8 Å². The summed E-state index contributed by atoms with van der Waals surface area (Å²) in [7, 11) is 0. The van der Waals surface area contributed by atoms with Gasteiger partial charge in [-0.25, -0.2) is 0 Å². The van der Waals surface area contributed by atoms with E-state index in [9.17, 15) is 9.90 Å². The smallest absolute Gasteiger partial charge is 0.137 e. The van der Waals surface area contributed by atoms with E-state index < -0.39 is 11.6 Å². The van der Waals surface area contributed by atoms with Gasteiger partial charge < -0.3 is 20.5 Å². The maximum absolute atomic E-state index is 10.6. The Bertz CT molecular complexity index is 152. The second-order valence-corrected chi connectivity index (χ2v) is 3.73. The van der Waals surface area contributed by atoms with Gasteiger partial charge >= 0.3 is 0 Å². The number of rotatable bonds is 3. The summed E-state index contributed by atoms with van der Waals surface area (Å²) in [5, 5.41) is 10.6. The van der Waals surface area contributed by atoms with Crippen molar-refractivity contribution in [3.8, 4) is 0 Å². The number of nitrogens with two attached hydrogens (primary N) is 1. The first-order chi connectivity index (χ1) is 5.39. The zero-order chi connectivity index (χ0) is 9.78. The first kappa shape index (κ1) is 11.2. The molecule has 0 saturated carbocycles. The third-order valence-corrected chi connectivity index (χ3v) is 1.62. The average molecular weight is 173 g/mol. The number of carbonyl (C=O) groups excluding carboxylic acids is 1. The highest BCUT2D eigenvalue weighted by atomic mass is 16.4. The largest absolute Gasteiger partial charge is 0.530 e. The fraction of sp³-hybridized carbons (Fsp3) is 0.875. The van der Waals surface area contributed by atoms with Crippen molar-refractivity contribution in [3.05, 3.63) is 0 Å². The highest BCUT2D eigenvalue weighted by Crippen LogP contribution is 2.12. The summed E-state index contributed by atoms with van der Waals surface area (Å²) >= 11 is 0. The fourth-order valence-corrected chi connectivity index (χ4v) is 0.950. The lowest BCUT2D eigenvalue weighted by Gasteiger charge is -2.37. The van der Waals surface area contributed by atoms with Gasteiger partial charge in [0.25, 0.3) is 0 Å². The summed E-state index contributed by atoms with van der Waals surface area (Å²) in [5.41, 5.74) is 4.89. The monoisotopic (exact) mass is 173 g/mol. The number of amides is 1. The third kappa shape index (κ3) is 3.57. The van der Waals surface area contributed by atoms with Crippen LogP contribution in [0, 0.1) is 0 Å². The van der Waals surface area contributed by atoms with Gasteiger partial charge in [0.2, 0.25) is 0 Å². The SMILES string of the molecule is CC(C)(C)N(CCCN)C(=O)[O-]. The summed E-state index contributed by atoms with van der Waals surface area (Å²) in [5.74, 6) is 0.